The van der Waals surface area contributed by atoms with E-state index in [-0.39, 0.29) is 11.8 Å². The SMILES string of the molecule is Nc1cc2c(cc1CCCc1ccccc1)C(c1ccncc1)=NC2.O=C1Cc2cc3c(cc2CN1Cc1ccccc1)C(c1ccncc1)=NC3.O=C1Cc2cc3c(cc2CN1Cc1ccccc1)C(c1ccncc1)=NC3. The zero-order chi connectivity index (χ0) is 53.5. The van der Waals surface area contributed by atoms with Gasteiger partial charge in [-0.1, -0.05) is 103 Å². The molecule has 0 aliphatic carbocycles. The van der Waals surface area contributed by atoms with Crippen molar-refractivity contribution in [3.8, 4) is 0 Å². The predicted octanol–water partition coefficient (Wildman–Crippen LogP) is 11.2. The van der Waals surface area contributed by atoms with Crippen LogP contribution in [0, 0.1) is 0 Å². The smallest absolute Gasteiger partial charge is 0.227 e. The van der Waals surface area contributed by atoms with Crippen molar-refractivity contribution in [2.45, 2.75) is 77.9 Å². The number of nitrogen functional groups attached to an aromatic ring is 1. The fourth-order valence-electron chi connectivity index (χ4n) is 11.3. The van der Waals surface area contributed by atoms with Crippen LogP contribution in [0.2, 0.25) is 0 Å². The van der Waals surface area contributed by atoms with E-state index < -0.39 is 0 Å². The number of carbonyl (C=O) groups excluding carboxylic acids is 2. The molecule has 0 bridgehead atoms. The molecule has 0 saturated heterocycles. The van der Waals surface area contributed by atoms with E-state index in [9.17, 15) is 9.59 Å². The van der Waals surface area contributed by atoms with Gasteiger partial charge in [0.1, 0.15) is 0 Å². The van der Waals surface area contributed by atoms with Gasteiger partial charge >= 0.3 is 0 Å². The molecule has 14 rings (SSSR count). The molecule has 79 heavy (non-hydrogen) atoms. The number of hydrogen-bond acceptors (Lipinski definition) is 9. The number of nitrogens with two attached hydrogens (primary N) is 1. The quantitative estimate of drug-likeness (QED) is 0.128. The van der Waals surface area contributed by atoms with Gasteiger partial charge in [0.2, 0.25) is 11.8 Å². The maximum atomic E-state index is 12.6. The molecule has 0 atom stereocenters. The van der Waals surface area contributed by atoms with Crippen LogP contribution < -0.4 is 5.73 Å². The molecule has 0 unspecified atom stereocenters. The first-order valence-corrected chi connectivity index (χ1v) is 27.1. The molecule has 0 saturated carbocycles. The number of aromatic nitrogens is 3. The van der Waals surface area contributed by atoms with E-state index >= 15 is 0 Å². The molecule has 9 aromatic rings. The number of benzene rings is 6. The number of aliphatic imine (C=N–C) groups is 3. The van der Waals surface area contributed by atoms with E-state index in [1.54, 1.807) is 24.8 Å². The summed E-state index contributed by atoms with van der Waals surface area (Å²) in [6.07, 6.45) is 14.9. The Bertz CT molecular complexity index is 3600. The third-order valence-electron chi connectivity index (χ3n) is 15.4. The first-order chi connectivity index (χ1) is 38.9. The minimum atomic E-state index is 0.194. The highest BCUT2D eigenvalue weighted by atomic mass is 16.2. The van der Waals surface area contributed by atoms with Gasteiger partial charge in [0.15, 0.2) is 0 Å². The number of amides is 2. The Morgan fingerprint density at radius 1 is 0.392 bits per heavy atom. The van der Waals surface area contributed by atoms with Crippen LogP contribution in [0.1, 0.15) is 101 Å². The van der Waals surface area contributed by atoms with E-state index in [2.05, 4.69) is 106 Å². The molecule has 11 nitrogen and oxygen atoms in total. The highest BCUT2D eigenvalue weighted by molar-refractivity contribution is 6.16. The van der Waals surface area contributed by atoms with Crippen LogP contribution in [0.3, 0.4) is 0 Å². The van der Waals surface area contributed by atoms with E-state index in [1.165, 1.54) is 55.6 Å². The van der Waals surface area contributed by atoms with Gasteiger partial charge in [-0.15, -0.1) is 0 Å². The number of fused-ring (bicyclic) bond motifs is 5. The van der Waals surface area contributed by atoms with Crippen molar-refractivity contribution >= 4 is 34.6 Å². The normalized spacial score (nSPS) is 14.5. The first-order valence-electron chi connectivity index (χ1n) is 27.1. The molecule has 5 aliphatic rings. The Labute approximate surface area is 461 Å². The summed E-state index contributed by atoms with van der Waals surface area (Å²) >= 11 is 0. The maximum Gasteiger partial charge on any atom is 0.227 e. The summed E-state index contributed by atoms with van der Waals surface area (Å²) in [5.74, 6) is 0.388. The minimum absolute atomic E-state index is 0.194. The number of carbonyl (C=O) groups is 2. The van der Waals surface area contributed by atoms with Gasteiger partial charge in [0, 0.05) is 102 Å². The van der Waals surface area contributed by atoms with Crippen molar-refractivity contribution in [2.24, 2.45) is 15.0 Å². The number of nitrogens with zero attached hydrogens (tertiary/aromatic N) is 8. The van der Waals surface area contributed by atoms with Crippen molar-refractivity contribution in [1.29, 1.82) is 0 Å². The van der Waals surface area contributed by atoms with Gasteiger partial charge in [-0.25, -0.2) is 0 Å². The van der Waals surface area contributed by atoms with Crippen molar-refractivity contribution in [3.05, 3.63) is 296 Å². The summed E-state index contributed by atoms with van der Waals surface area (Å²) in [5.41, 5.74) is 30.5. The molecule has 6 aromatic carbocycles. The first kappa shape index (κ1) is 50.3. The maximum absolute atomic E-state index is 12.6. The zero-order valence-electron chi connectivity index (χ0n) is 44.0. The highest BCUT2D eigenvalue weighted by Crippen LogP contribution is 2.33. The van der Waals surface area contributed by atoms with Gasteiger partial charge in [-0.2, -0.15) is 0 Å². The van der Waals surface area contributed by atoms with Crippen molar-refractivity contribution in [1.82, 2.24) is 24.8 Å². The van der Waals surface area contributed by atoms with Gasteiger partial charge in [-0.05, 0) is 141 Å². The highest BCUT2D eigenvalue weighted by Gasteiger charge is 2.29. The van der Waals surface area contributed by atoms with Crippen LogP contribution in [-0.2, 0) is 81.1 Å². The monoisotopic (exact) mass is 1030 g/mol. The lowest BCUT2D eigenvalue weighted by atomic mass is 9.91. The molecule has 5 aliphatic heterocycles. The summed E-state index contributed by atoms with van der Waals surface area (Å²) < 4.78 is 0. The van der Waals surface area contributed by atoms with Gasteiger partial charge in [0.25, 0.3) is 0 Å². The molecular formula is C68H59N9O2. The summed E-state index contributed by atoms with van der Waals surface area (Å²) in [7, 11) is 0. The van der Waals surface area contributed by atoms with Crippen molar-refractivity contribution in [3.63, 3.8) is 0 Å². The van der Waals surface area contributed by atoms with Crippen LogP contribution in [-0.4, -0.2) is 53.7 Å². The lowest BCUT2D eigenvalue weighted by Gasteiger charge is -2.29. The number of hydrogen-bond donors (Lipinski definition) is 1. The molecule has 3 aromatic heterocycles. The summed E-state index contributed by atoms with van der Waals surface area (Å²) in [4.78, 5) is 55.7. The molecular weight excluding hydrogens is 975 g/mol. The number of pyridine rings is 3. The van der Waals surface area contributed by atoms with E-state index in [0.29, 0.717) is 58.7 Å². The Morgan fingerprint density at radius 3 is 1.19 bits per heavy atom. The topological polar surface area (TPSA) is 142 Å². The standard InChI is InChI=1S/2C23H19N3O.C22H21N3/c2*27-22-12-18-10-19-13-25-23(17-6-8-24-9-7-17)21(19)11-20(18)15-26(22)14-16-4-2-1-3-5-16;23-21-14-19-15-25-22(17-9-11-24-12-10-17)20(19)13-18(21)8-4-7-16-5-2-1-3-6-16/h2*1-11H,12-15H2;1-3,5-6,9-14H,4,7-8,15,23H2. The average molecular weight is 1030 g/mol. The summed E-state index contributed by atoms with van der Waals surface area (Å²) in [6, 6.07) is 56.1. The predicted molar refractivity (Wildman–Crippen MR) is 312 cm³/mol. The van der Waals surface area contributed by atoms with E-state index in [4.69, 9.17) is 20.7 Å². The number of rotatable bonds is 11. The van der Waals surface area contributed by atoms with Gasteiger partial charge in [0.05, 0.1) is 49.6 Å². The molecule has 8 heterocycles. The molecule has 0 fully saturated rings. The van der Waals surface area contributed by atoms with E-state index in [1.807, 2.05) is 95.0 Å². The largest absolute Gasteiger partial charge is 0.398 e. The lowest BCUT2D eigenvalue weighted by molar-refractivity contribution is -0.133. The molecule has 2 amide bonds. The Morgan fingerprint density at radius 2 is 0.772 bits per heavy atom. The van der Waals surface area contributed by atoms with E-state index in [0.717, 1.165) is 81.0 Å². The minimum Gasteiger partial charge on any atom is -0.398 e. The lowest BCUT2D eigenvalue weighted by Crippen LogP contribution is -2.35. The second kappa shape index (κ2) is 23.0. The fourth-order valence-corrected chi connectivity index (χ4v) is 11.3. The van der Waals surface area contributed by atoms with Crippen molar-refractivity contribution in [2.75, 3.05) is 5.73 Å². The Kier molecular flexibility index (Phi) is 14.7. The van der Waals surface area contributed by atoms with Gasteiger partial charge in [-0.3, -0.25) is 39.5 Å². The van der Waals surface area contributed by atoms with Crippen LogP contribution in [0.15, 0.2) is 216 Å². The Balaban J connectivity index is 0.000000118. The number of aryl methyl sites for hydroxylation is 2. The van der Waals surface area contributed by atoms with Crippen LogP contribution in [0.5, 0.6) is 0 Å². The molecule has 11 heteroatoms. The summed E-state index contributed by atoms with van der Waals surface area (Å²) in [6.45, 7) is 4.69. The molecule has 0 spiro atoms. The molecule has 0 radical (unpaired) electrons. The second-order valence-electron chi connectivity index (χ2n) is 20.6. The average Bonchev–Trinajstić information content (AvgIpc) is 4.30. The Hall–Kier alpha value is -9.48. The zero-order valence-corrected chi connectivity index (χ0v) is 44.0. The third-order valence-corrected chi connectivity index (χ3v) is 15.4. The van der Waals surface area contributed by atoms with Crippen LogP contribution in [0.25, 0.3) is 0 Å². The van der Waals surface area contributed by atoms with Gasteiger partial charge < -0.3 is 15.5 Å². The third kappa shape index (κ3) is 11.3. The van der Waals surface area contributed by atoms with Crippen LogP contribution >= 0.6 is 0 Å². The van der Waals surface area contributed by atoms with Crippen molar-refractivity contribution < 1.29 is 9.59 Å². The molecule has 388 valence electrons. The fraction of sp³-hybridized carbons (Fsp3) is 0.176. The van der Waals surface area contributed by atoms with Crippen LogP contribution in [0.4, 0.5) is 5.69 Å². The number of anilines is 1. The molecule has 2 N–H and O–H groups in total. The second-order valence-corrected chi connectivity index (χ2v) is 20.6. The summed E-state index contributed by atoms with van der Waals surface area (Å²) in [5, 5.41) is 0.